The summed E-state index contributed by atoms with van der Waals surface area (Å²) in [6, 6.07) is 19.1. The molecular weight excluding hydrogens is 354 g/mol. The van der Waals surface area contributed by atoms with Crippen LogP contribution in [0.4, 0.5) is 11.6 Å². The molecular formula is C22H19N3O3. The highest BCUT2D eigenvalue weighted by Crippen LogP contribution is 2.22. The molecule has 0 radical (unpaired) electrons. The predicted octanol–water partition coefficient (Wildman–Crippen LogP) is 3.82. The molecule has 0 spiro atoms. The number of nitriles is 1. The van der Waals surface area contributed by atoms with Crippen LogP contribution in [0.3, 0.4) is 0 Å². The van der Waals surface area contributed by atoms with Gasteiger partial charge in [-0.05, 0) is 29.0 Å². The lowest BCUT2D eigenvalue weighted by molar-refractivity contribution is -0.112. The van der Waals surface area contributed by atoms with Gasteiger partial charge in [-0.2, -0.15) is 5.26 Å². The van der Waals surface area contributed by atoms with Gasteiger partial charge in [0, 0.05) is 30.9 Å². The van der Waals surface area contributed by atoms with Crippen molar-refractivity contribution in [3.05, 3.63) is 65.9 Å². The van der Waals surface area contributed by atoms with Crippen LogP contribution >= 0.6 is 0 Å². The quantitative estimate of drug-likeness (QED) is 0.556. The first-order chi connectivity index (χ1) is 13.7. The lowest BCUT2D eigenvalue weighted by Crippen LogP contribution is -2.35. The van der Waals surface area contributed by atoms with Gasteiger partial charge in [0.25, 0.3) is 5.91 Å². The minimum absolute atomic E-state index is 0.0176. The Labute approximate surface area is 162 Å². The van der Waals surface area contributed by atoms with Crippen molar-refractivity contribution >= 4 is 34.3 Å². The van der Waals surface area contributed by atoms with Gasteiger partial charge in [-0.15, -0.1) is 0 Å². The Bertz CT molecular complexity index is 1070. The van der Waals surface area contributed by atoms with Gasteiger partial charge in [0.1, 0.15) is 17.4 Å². The zero-order valence-electron chi connectivity index (χ0n) is 15.2. The van der Waals surface area contributed by atoms with E-state index in [4.69, 9.17) is 9.15 Å². The highest BCUT2D eigenvalue weighted by molar-refractivity contribution is 6.10. The van der Waals surface area contributed by atoms with E-state index in [0.717, 1.165) is 23.9 Å². The average molecular weight is 373 g/mol. The summed E-state index contributed by atoms with van der Waals surface area (Å²) in [5, 5.41) is 14.3. The van der Waals surface area contributed by atoms with Gasteiger partial charge in [-0.1, -0.05) is 30.3 Å². The molecule has 0 bridgehead atoms. The molecule has 1 aliphatic heterocycles. The molecule has 3 aromatic rings. The molecule has 0 atom stereocenters. The molecule has 1 aliphatic rings. The summed E-state index contributed by atoms with van der Waals surface area (Å²) in [6.45, 7) is 2.82. The molecule has 1 fully saturated rings. The third-order valence-corrected chi connectivity index (χ3v) is 4.59. The number of hydrogen-bond acceptors (Lipinski definition) is 5. The minimum atomic E-state index is -0.470. The summed E-state index contributed by atoms with van der Waals surface area (Å²) >= 11 is 0. The van der Waals surface area contributed by atoms with Crippen LogP contribution in [0, 0.1) is 11.3 Å². The maximum Gasteiger partial charge on any atom is 0.266 e. The smallest absolute Gasteiger partial charge is 0.266 e. The number of morpholine rings is 1. The molecule has 0 saturated carbocycles. The summed E-state index contributed by atoms with van der Waals surface area (Å²) in [4.78, 5) is 14.6. The fourth-order valence-electron chi connectivity index (χ4n) is 3.13. The normalized spacial score (nSPS) is 14.7. The number of fused-ring (bicyclic) bond motifs is 1. The van der Waals surface area contributed by atoms with E-state index in [-0.39, 0.29) is 5.57 Å². The molecule has 28 heavy (non-hydrogen) atoms. The SMILES string of the molecule is N#CC(=Cc1ccc(N2CCOCC2)o1)C(=O)Nc1ccc2ccccc2c1. The van der Waals surface area contributed by atoms with Gasteiger partial charge < -0.3 is 19.4 Å². The van der Waals surface area contributed by atoms with Gasteiger partial charge >= 0.3 is 0 Å². The van der Waals surface area contributed by atoms with Crippen molar-refractivity contribution in [1.82, 2.24) is 0 Å². The third kappa shape index (κ3) is 3.90. The molecule has 1 amide bonds. The fraction of sp³-hybridized carbons (Fsp3) is 0.182. The largest absolute Gasteiger partial charge is 0.441 e. The number of carbonyl (C=O) groups is 1. The first-order valence-electron chi connectivity index (χ1n) is 9.07. The maximum absolute atomic E-state index is 12.5. The molecule has 0 aliphatic carbocycles. The highest BCUT2D eigenvalue weighted by Gasteiger charge is 2.16. The fourth-order valence-corrected chi connectivity index (χ4v) is 3.13. The van der Waals surface area contributed by atoms with Crippen LogP contribution in [0.25, 0.3) is 16.8 Å². The summed E-state index contributed by atoms with van der Waals surface area (Å²) in [5.41, 5.74) is 0.620. The van der Waals surface area contributed by atoms with Gasteiger partial charge in [0.2, 0.25) is 0 Å². The first-order valence-corrected chi connectivity index (χ1v) is 9.07. The molecule has 6 heteroatoms. The van der Waals surface area contributed by atoms with Crippen LogP contribution in [-0.4, -0.2) is 32.2 Å². The number of amides is 1. The van der Waals surface area contributed by atoms with E-state index in [1.165, 1.54) is 6.08 Å². The number of benzene rings is 2. The molecule has 2 heterocycles. The number of ether oxygens (including phenoxy) is 1. The van der Waals surface area contributed by atoms with E-state index in [1.807, 2.05) is 54.6 Å². The molecule has 0 unspecified atom stereocenters. The number of carbonyl (C=O) groups excluding carboxylic acids is 1. The topological polar surface area (TPSA) is 78.5 Å². The minimum Gasteiger partial charge on any atom is -0.441 e. The van der Waals surface area contributed by atoms with Crippen molar-refractivity contribution < 1.29 is 13.9 Å². The van der Waals surface area contributed by atoms with Gasteiger partial charge in [0.05, 0.1) is 13.2 Å². The lowest BCUT2D eigenvalue weighted by Gasteiger charge is -2.26. The van der Waals surface area contributed by atoms with Crippen LogP contribution in [0.15, 0.2) is 64.6 Å². The zero-order valence-corrected chi connectivity index (χ0v) is 15.2. The summed E-state index contributed by atoms with van der Waals surface area (Å²) in [7, 11) is 0. The Balaban J connectivity index is 1.50. The van der Waals surface area contributed by atoms with Gasteiger partial charge in [0.15, 0.2) is 5.88 Å². The maximum atomic E-state index is 12.5. The van der Waals surface area contributed by atoms with E-state index < -0.39 is 5.91 Å². The number of hydrogen-bond donors (Lipinski definition) is 1. The van der Waals surface area contributed by atoms with Gasteiger partial charge in [-0.25, -0.2) is 0 Å². The first kappa shape index (κ1) is 17.8. The number of furan rings is 1. The monoisotopic (exact) mass is 373 g/mol. The van der Waals surface area contributed by atoms with Crippen LogP contribution in [0.5, 0.6) is 0 Å². The molecule has 1 saturated heterocycles. The lowest BCUT2D eigenvalue weighted by atomic mass is 10.1. The van der Waals surface area contributed by atoms with Crippen molar-refractivity contribution in [2.75, 3.05) is 36.5 Å². The van der Waals surface area contributed by atoms with E-state index in [9.17, 15) is 10.1 Å². The second-order valence-corrected chi connectivity index (χ2v) is 6.46. The number of nitrogens with one attached hydrogen (secondary N) is 1. The van der Waals surface area contributed by atoms with Crippen molar-refractivity contribution in [2.24, 2.45) is 0 Å². The van der Waals surface area contributed by atoms with Crippen molar-refractivity contribution in [3.63, 3.8) is 0 Å². The molecule has 6 nitrogen and oxygen atoms in total. The summed E-state index contributed by atoms with van der Waals surface area (Å²) in [5.74, 6) is 0.704. The number of nitrogens with zero attached hydrogens (tertiary/aromatic N) is 2. The standard InChI is InChI=1S/C22H19N3O3/c23-15-18(14-20-7-8-21(28-20)25-9-11-27-12-10-25)22(26)24-19-6-5-16-3-1-2-4-17(16)13-19/h1-8,13-14H,9-12H2,(H,24,26). The Morgan fingerprint density at radius 3 is 2.64 bits per heavy atom. The van der Waals surface area contributed by atoms with Crippen LogP contribution in [0.1, 0.15) is 5.76 Å². The van der Waals surface area contributed by atoms with E-state index >= 15 is 0 Å². The second-order valence-electron chi connectivity index (χ2n) is 6.46. The Kier molecular flexibility index (Phi) is 5.09. The van der Waals surface area contributed by atoms with Crippen molar-refractivity contribution in [3.8, 4) is 6.07 Å². The Morgan fingerprint density at radius 1 is 1.07 bits per heavy atom. The van der Waals surface area contributed by atoms with Crippen LogP contribution < -0.4 is 10.2 Å². The van der Waals surface area contributed by atoms with Crippen LogP contribution in [-0.2, 0) is 9.53 Å². The van der Waals surface area contributed by atoms with E-state index in [0.29, 0.717) is 30.5 Å². The van der Waals surface area contributed by atoms with E-state index in [1.54, 1.807) is 6.07 Å². The molecule has 140 valence electrons. The number of rotatable bonds is 4. The summed E-state index contributed by atoms with van der Waals surface area (Å²) < 4.78 is 11.1. The number of anilines is 2. The average Bonchev–Trinajstić information content (AvgIpc) is 3.21. The molecule has 1 aromatic heterocycles. The molecule has 2 aromatic carbocycles. The summed E-state index contributed by atoms with van der Waals surface area (Å²) in [6.07, 6.45) is 1.46. The predicted molar refractivity (Wildman–Crippen MR) is 108 cm³/mol. The Hall–Kier alpha value is -3.56. The molecule has 4 rings (SSSR count). The van der Waals surface area contributed by atoms with Crippen molar-refractivity contribution in [1.29, 1.82) is 5.26 Å². The zero-order chi connectivity index (χ0) is 19.3. The molecule has 1 N–H and O–H groups in total. The van der Waals surface area contributed by atoms with E-state index in [2.05, 4.69) is 10.2 Å². The van der Waals surface area contributed by atoms with Crippen LogP contribution in [0.2, 0.25) is 0 Å². The Morgan fingerprint density at radius 2 is 1.86 bits per heavy atom. The van der Waals surface area contributed by atoms with Gasteiger partial charge in [-0.3, -0.25) is 4.79 Å². The van der Waals surface area contributed by atoms with Crippen molar-refractivity contribution in [2.45, 2.75) is 0 Å². The third-order valence-electron chi connectivity index (χ3n) is 4.59. The highest BCUT2D eigenvalue weighted by atomic mass is 16.5. The second kappa shape index (κ2) is 7.99.